The molecule has 2 fully saturated rings. The van der Waals surface area contributed by atoms with Crippen molar-refractivity contribution >= 4 is 5.57 Å². The van der Waals surface area contributed by atoms with E-state index in [0.29, 0.717) is 11.8 Å². The highest BCUT2D eigenvalue weighted by molar-refractivity contribution is 5.88. The molecule has 0 aromatic heterocycles. The molecule has 5 rings (SSSR count). The van der Waals surface area contributed by atoms with Gasteiger partial charge < -0.3 is 0 Å². The van der Waals surface area contributed by atoms with Gasteiger partial charge in [-0.15, -0.1) is 0 Å². The average Bonchev–Trinajstić information content (AvgIpc) is 2.96. The molecule has 0 saturated heterocycles. The highest BCUT2D eigenvalue weighted by atomic mass is 19.1. The number of rotatable bonds is 1. The number of hydrogen-bond acceptors (Lipinski definition) is 1. The van der Waals surface area contributed by atoms with E-state index in [4.69, 9.17) is 5.26 Å². The van der Waals surface area contributed by atoms with Crippen molar-refractivity contribution in [1.29, 1.82) is 5.26 Å². The van der Waals surface area contributed by atoms with E-state index in [2.05, 4.69) is 6.07 Å². The Morgan fingerprint density at radius 3 is 2.93 bits per heavy atom. The van der Waals surface area contributed by atoms with Crippen molar-refractivity contribution in [1.82, 2.24) is 0 Å². The molecule has 15 heavy (non-hydrogen) atoms. The van der Waals surface area contributed by atoms with Crippen molar-refractivity contribution in [3.05, 3.63) is 41.2 Å². The predicted molar refractivity (Wildman–Crippen MR) is 53.0 cm³/mol. The van der Waals surface area contributed by atoms with E-state index in [1.807, 2.05) is 6.07 Å². The predicted octanol–water partition coefficient (Wildman–Crippen LogP) is 2.75. The lowest BCUT2D eigenvalue weighted by Crippen LogP contribution is -1.88. The first-order chi connectivity index (χ1) is 7.29. The third-order valence-electron chi connectivity index (χ3n) is 4.15. The van der Waals surface area contributed by atoms with E-state index < -0.39 is 0 Å². The quantitative estimate of drug-likeness (QED) is 0.679. The fourth-order valence-corrected chi connectivity index (χ4v) is 3.34. The van der Waals surface area contributed by atoms with Crippen LogP contribution >= 0.6 is 0 Å². The van der Waals surface area contributed by atoms with Crippen molar-refractivity contribution in [3.8, 4) is 6.07 Å². The zero-order chi connectivity index (χ0) is 10.2. The van der Waals surface area contributed by atoms with Crippen LogP contribution in [0.5, 0.6) is 0 Å². The highest BCUT2D eigenvalue weighted by Gasteiger charge is 2.88. The summed E-state index contributed by atoms with van der Waals surface area (Å²) in [5.41, 5.74) is 3.44. The molecular weight excluding hydrogens is 189 g/mol. The van der Waals surface area contributed by atoms with Gasteiger partial charge in [0.15, 0.2) is 0 Å². The van der Waals surface area contributed by atoms with Crippen LogP contribution in [0.25, 0.3) is 5.57 Å². The van der Waals surface area contributed by atoms with Crippen molar-refractivity contribution in [2.75, 3.05) is 0 Å². The Kier molecular flexibility index (Phi) is 1.01. The summed E-state index contributed by atoms with van der Waals surface area (Å²) in [5, 5.41) is 9.05. The molecule has 4 aliphatic carbocycles. The van der Waals surface area contributed by atoms with E-state index in [1.165, 1.54) is 17.2 Å². The summed E-state index contributed by atoms with van der Waals surface area (Å²) in [6.45, 7) is 0. The topological polar surface area (TPSA) is 23.8 Å². The molecule has 72 valence electrons. The molecule has 0 amide bonds. The van der Waals surface area contributed by atoms with Gasteiger partial charge in [0.25, 0.3) is 0 Å². The van der Waals surface area contributed by atoms with Gasteiger partial charge >= 0.3 is 0 Å². The molecule has 0 aliphatic heterocycles. The molecule has 2 bridgehead atoms. The van der Waals surface area contributed by atoms with E-state index in [1.54, 1.807) is 12.1 Å². The Labute approximate surface area is 86.8 Å². The largest absolute Gasteiger partial charge is 0.207 e. The lowest BCUT2D eigenvalue weighted by Gasteiger charge is -2.00. The molecule has 1 nitrogen and oxygen atoms in total. The fourth-order valence-electron chi connectivity index (χ4n) is 3.34. The van der Waals surface area contributed by atoms with E-state index in [0.717, 1.165) is 12.0 Å². The van der Waals surface area contributed by atoms with Crippen LogP contribution < -0.4 is 0 Å². The molecule has 0 N–H and O–H groups in total. The molecule has 0 unspecified atom stereocenters. The number of halogens is 1. The Bertz CT molecular complexity index is 566. The maximum absolute atomic E-state index is 13.1. The summed E-state index contributed by atoms with van der Waals surface area (Å²) in [6.07, 6.45) is 0.983. The van der Waals surface area contributed by atoms with Crippen LogP contribution in [0.1, 0.15) is 12.0 Å². The van der Waals surface area contributed by atoms with Gasteiger partial charge in [0.1, 0.15) is 5.82 Å². The van der Waals surface area contributed by atoms with Crippen LogP contribution in [-0.2, 0) is 0 Å². The van der Waals surface area contributed by atoms with Crippen LogP contribution in [0.2, 0.25) is 0 Å². The van der Waals surface area contributed by atoms with Gasteiger partial charge in [-0.05, 0) is 41.2 Å². The molecule has 1 aromatic carbocycles. The van der Waals surface area contributed by atoms with Gasteiger partial charge in [0, 0.05) is 5.92 Å². The van der Waals surface area contributed by atoms with Crippen LogP contribution in [0.3, 0.4) is 0 Å². The summed E-state index contributed by atoms with van der Waals surface area (Å²) in [4.78, 5) is 0. The van der Waals surface area contributed by atoms with Gasteiger partial charge in [0.05, 0.1) is 11.5 Å². The first-order valence-electron chi connectivity index (χ1n) is 5.20. The van der Waals surface area contributed by atoms with Crippen molar-refractivity contribution in [2.45, 2.75) is 6.42 Å². The SMILES string of the molecule is N#C[C@]12C3=C(c4cccc(F)c4)C[C@@H]1[C@H]32. The van der Waals surface area contributed by atoms with Crippen molar-refractivity contribution in [3.63, 3.8) is 0 Å². The van der Waals surface area contributed by atoms with E-state index >= 15 is 0 Å². The zero-order valence-electron chi connectivity index (χ0n) is 8.00. The summed E-state index contributed by atoms with van der Waals surface area (Å²) < 4.78 is 13.1. The van der Waals surface area contributed by atoms with Gasteiger partial charge in [-0.25, -0.2) is 4.39 Å². The summed E-state index contributed by atoms with van der Waals surface area (Å²) in [5.74, 6) is 0.919. The Morgan fingerprint density at radius 2 is 2.33 bits per heavy atom. The van der Waals surface area contributed by atoms with E-state index in [9.17, 15) is 4.39 Å². The molecule has 2 heteroatoms. The first kappa shape index (κ1) is 7.64. The van der Waals surface area contributed by atoms with Gasteiger partial charge in [-0.2, -0.15) is 5.26 Å². The van der Waals surface area contributed by atoms with Gasteiger partial charge in [-0.1, -0.05) is 12.1 Å². The highest BCUT2D eigenvalue weighted by Crippen LogP contribution is 2.91. The zero-order valence-corrected chi connectivity index (χ0v) is 8.00. The second-order valence-corrected chi connectivity index (χ2v) is 4.67. The summed E-state index contributed by atoms with van der Waals surface area (Å²) in [7, 11) is 0. The minimum Gasteiger partial charge on any atom is -0.207 e. The molecule has 2 saturated carbocycles. The maximum Gasteiger partial charge on any atom is 0.123 e. The normalized spacial score (nSPS) is 38.7. The monoisotopic (exact) mass is 197 g/mol. The molecule has 4 aliphatic rings. The Morgan fingerprint density at radius 1 is 1.47 bits per heavy atom. The smallest absolute Gasteiger partial charge is 0.123 e. The van der Waals surface area contributed by atoms with Crippen molar-refractivity contribution in [2.24, 2.45) is 17.3 Å². The Balaban J connectivity index is 1.84. The van der Waals surface area contributed by atoms with Crippen LogP contribution in [0, 0.1) is 34.4 Å². The number of fused-ring (bicyclic) bond motifs is 1. The van der Waals surface area contributed by atoms with Crippen LogP contribution in [0.15, 0.2) is 29.8 Å². The molecule has 0 heterocycles. The van der Waals surface area contributed by atoms with Crippen LogP contribution in [-0.4, -0.2) is 0 Å². The van der Waals surface area contributed by atoms with Gasteiger partial charge in [0.2, 0.25) is 0 Å². The third kappa shape index (κ3) is 0.648. The van der Waals surface area contributed by atoms with Crippen molar-refractivity contribution < 1.29 is 4.39 Å². The molecule has 1 aromatic rings. The number of nitrogens with zero attached hydrogens (tertiary/aromatic N) is 1. The molecule has 0 radical (unpaired) electrons. The summed E-state index contributed by atoms with van der Waals surface area (Å²) >= 11 is 0. The number of allylic oxidation sites excluding steroid dienone is 2. The minimum atomic E-state index is -0.189. The molecular formula is C13H8FN. The maximum atomic E-state index is 13.1. The lowest BCUT2D eigenvalue weighted by molar-refractivity contribution is 0.627. The first-order valence-corrected chi connectivity index (χ1v) is 5.20. The van der Waals surface area contributed by atoms with Crippen LogP contribution in [0.4, 0.5) is 4.39 Å². The second kappa shape index (κ2) is 1.99. The third-order valence-corrected chi connectivity index (χ3v) is 4.15. The molecule has 0 spiro atoms. The standard InChI is InChI=1S/C13H8FN/c14-8-3-1-2-7(4-8)9-5-10-12-11(9)13(10,12)6-15/h1-4,10,12H,5H2/t10-,12-,13-/m1/s1. The lowest BCUT2D eigenvalue weighted by atomic mass is 10.1. The van der Waals surface area contributed by atoms with E-state index in [-0.39, 0.29) is 11.2 Å². The van der Waals surface area contributed by atoms with Gasteiger partial charge in [-0.3, -0.25) is 0 Å². The fraction of sp³-hybridized carbons (Fsp3) is 0.308. The number of hydrogen-bond donors (Lipinski definition) is 0. The average molecular weight is 197 g/mol. The molecule has 3 atom stereocenters. The summed E-state index contributed by atoms with van der Waals surface area (Å²) in [6, 6.07) is 9.13. The Hall–Kier alpha value is -1.62. The second-order valence-electron chi connectivity index (χ2n) is 4.67. The number of nitriles is 1. The number of benzene rings is 1. The minimum absolute atomic E-state index is 0.0817.